The van der Waals surface area contributed by atoms with E-state index in [0.29, 0.717) is 0 Å². The molecular formula is C11H8N2S. The number of aromatic amines is 1. The molecular weight excluding hydrogens is 192 g/mol. The van der Waals surface area contributed by atoms with Crippen LogP contribution in [0.1, 0.15) is 0 Å². The van der Waals surface area contributed by atoms with E-state index >= 15 is 0 Å². The van der Waals surface area contributed by atoms with Gasteiger partial charge in [-0.25, -0.2) is 0 Å². The van der Waals surface area contributed by atoms with E-state index in [-0.39, 0.29) is 0 Å². The molecule has 1 aromatic carbocycles. The maximum absolute atomic E-state index is 3.96. The van der Waals surface area contributed by atoms with Gasteiger partial charge in [0, 0.05) is 27.4 Å². The second kappa shape index (κ2) is 2.96. The zero-order valence-corrected chi connectivity index (χ0v) is 8.21. The third kappa shape index (κ3) is 1.06. The topological polar surface area (TPSA) is 28.7 Å². The lowest BCUT2D eigenvalue weighted by molar-refractivity contribution is 1.09. The van der Waals surface area contributed by atoms with Crippen LogP contribution in [0.3, 0.4) is 0 Å². The molecule has 2 nitrogen and oxygen atoms in total. The van der Waals surface area contributed by atoms with Crippen molar-refractivity contribution in [1.82, 2.24) is 10.2 Å². The number of benzene rings is 1. The molecule has 0 amide bonds. The first kappa shape index (κ1) is 7.76. The third-order valence-corrected chi connectivity index (χ3v) is 3.25. The molecule has 3 rings (SSSR count). The van der Waals surface area contributed by atoms with Gasteiger partial charge >= 0.3 is 0 Å². The number of rotatable bonds is 1. The van der Waals surface area contributed by atoms with E-state index in [1.165, 1.54) is 15.6 Å². The van der Waals surface area contributed by atoms with Crippen LogP contribution in [0.25, 0.3) is 21.2 Å². The van der Waals surface area contributed by atoms with Crippen LogP contribution in [0.5, 0.6) is 0 Å². The molecule has 14 heavy (non-hydrogen) atoms. The van der Waals surface area contributed by atoms with E-state index in [2.05, 4.69) is 39.8 Å². The summed E-state index contributed by atoms with van der Waals surface area (Å²) < 4.78 is 1.32. The Balaban J connectivity index is 2.33. The van der Waals surface area contributed by atoms with Gasteiger partial charge in [0.1, 0.15) is 0 Å². The van der Waals surface area contributed by atoms with Gasteiger partial charge in [-0.05, 0) is 11.4 Å². The fourth-order valence-corrected chi connectivity index (χ4v) is 2.57. The molecule has 0 saturated carbocycles. The Bertz CT molecular complexity index is 551. The molecule has 1 N–H and O–H groups in total. The Morgan fingerprint density at radius 2 is 2.14 bits per heavy atom. The molecule has 0 unspecified atom stereocenters. The second-order valence-electron chi connectivity index (χ2n) is 3.13. The number of fused-ring (bicyclic) bond motifs is 1. The van der Waals surface area contributed by atoms with Crippen molar-refractivity contribution in [2.24, 2.45) is 0 Å². The maximum Gasteiger partial charge on any atom is 0.0566 e. The Morgan fingerprint density at radius 1 is 1.21 bits per heavy atom. The van der Waals surface area contributed by atoms with Crippen LogP contribution in [-0.4, -0.2) is 10.2 Å². The molecule has 0 bridgehead atoms. The maximum atomic E-state index is 3.96. The monoisotopic (exact) mass is 200 g/mol. The Kier molecular flexibility index (Phi) is 1.64. The van der Waals surface area contributed by atoms with E-state index in [9.17, 15) is 0 Å². The highest BCUT2D eigenvalue weighted by atomic mass is 32.1. The van der Waals surface area contributed by atoms with Gasteiger partial charge in [0.05, 0.1) is 6.20 Å². The number of aromatic nitrogens is 2. The lowest BCUT2D eigenvalue weighted by Gasteiger charge is -1.92. The molecule has 0 atom stereocenters. The molecule has 0 spiro atoms. The zero-order chi connectivity index (χ0) is 9.38. The van der Waals surface area contributed by atoms with E-state index in [4.69, 9.17) is 0 Å². The lowest BCUT2D eigenvalue weighted by Crippen LogP contribution is -1.69. The molecule has 2 heterocycles. The van der Waals surface area contributed by atoms with Crippen molar-refractivity contribution in [1.29, 1.82) is 0 Å². The summed E-state index contributed by atoms with van der Waals surface area (Å²) in [6.45, 7) is 0. The number of thiophene rings is 1. The largest absolute Gasteiger partial charge is 0.285 e. The minimum absolute atomic E-state index is 1.16. The van der Waals surface area contributed by atoms with Gasteiger partial charge in [0.25, 0.3) is 0 Å². The van der Waals surface area contributed by atoms with Crippen LogP contribution < -0.4 is 0 Å². The molecule has 68 valence electrons. The first-order chi connectivity index (χ1) is 6.95. The molecule has 0 radical (unpaired) electrons. The minimum atomic E-state index is 1.16. The summed E-state index contributed by atoms with van der Waals surface area (Å²) in [7, 11) is 0. The highest BCUT2D eigenvalue weighted by Crippen LogP contribution is 2.32. The van der Waals surface area contributed by atoms with Gasteiger partial charge in [0.15, 0.2) is 0 Å². The van der Waals surface area contributed by atoms with Crippen LogP contribution >= 0.6 is 11.3 Å². The number of hydrogen-bond donors (Lipinski definition) is 1. The van der Waals surface area contributed by atoms with Crippen molar-refractivity contribution in [2.75, 3.05) is 0 Å². The highest BCUT2D eigenvalue weighted by molar-refractivity contribution is 7.17. The van der Waals surface area contributed by atoms with Crippen molar-refractivity contribution < 1.29 is 0 Å². The van der Waals surface area contributed by atoms with Crippen molar-refractivity contribution in [3.05, 3.63) is 42.0 Å². The van der Waals surface area contributed by atoms with Crippen LogP contribution in [0.2, 0.25) is 0 Å². The number of H-pyrrole nitrogens is 1. The van der Waals surface area contributed by atoms with Crippen LogP contribution in [0.15, 0.2) is 42.0 Å². The van der Waals surface area contributed by atoms with Gasteiger partial charge < -0.3 is 0 Å². The summed E-state index contributed by atoms with van der Waals surface area (Å²) in [5.41, 5.74) is 2.42. The Hall–Kier alpha value is -1.61. The van der Waals surface area contributed by atoms with Crippen molar-refractivity contribution in [3.8, 4) is 11.1 Å². The molecule has 0 aliphatic carbocycles. The molecule has 2 aromatic heterocycles. The molecule has 0 saturated heterocycles. The predicted octanol–water partition coefficient (Wildman–Crippen LogP) is 3.29. The summed E-state index contributed by atoms with van der Waals surface area (Å²) in [6, 6.07) is 8.42. The summed E-state index contributed by atoms with van der Waals surface area (Å²) in [5.74, 6) is 0. The Morgan fingerprint density at radius 3 is 3.00 bits per heavy atom. The van der Waals surface area contributed by atoms with E-state index in [0.717, 1.165) is 5.56 Å². The number of nitrogens with zero attached hydrogens (tertiary/aromatic N) is 1. The smallest absolute Gasteiger partial charge is 0.0566 e. The molecule has 0 fully saturated rings. The third-order valence-electron chi connectivity index (χ3n) is 2.29. The van der Waals surface area contributed by atoms with Crippen molar-refractivity contribution >= 4 is 21.4 Å². The average molecular weight is 200 g/mol. The SMILES string of the molecule is c1ccc2c(-c3cn[nH]c3)csc2c1. The number of hydrogen-bond acceptors (Lipinski definition) is 2. The lowest BCUT2D eigenvalue weighted by atomic mass is 10.1. The fraction of sp³-hybridized carbons (Fsp3) is 0. The van der Waals surface area contributed by atoms with Crippen molar-refractivity contribution in [3.63, 3.8) is 0 Å². The first-order valence-electron chi connectivity index (χ1n) is 4.40. The van der Waals surface area contributed by atoms with E-state index in [1.54, 1.807) is 11.3 Å². The first-order valence-corrected chi connectivity index (χ1v) is 5.28. The Labute approximate surface area is 85.2 Å². The minimum Gasteiger partial charge on any atom is -0.285 e. The van der Waals surface area contributed by atoms with E-state index < -0.39 is 0 Å². The summed E-state index contributed by atoms with van der Waals surface area (Å²) in [4.78, 5) is 0. The standard InChI is InChI=1S/C11H8N2S/c1-2-4-11-9(3-1)10(7-14-11)8-5-12-13-6-8/h1-7H,(H,12,13). The average Bonchev–Trinajstić information content (AvgIpc) is 2.85. The summed E-state index contributed by atoms with van der Waals surface area (Å²) in [6.07, 6.45) is 3.78. The molecule has 3 aromatic rings. The predicted molar refractivity (Wildman–Crippen MR) is 59.4 cm³/mol. The second-order valence-corrected chi connectivity index (χ2v) is 4.04. The van der Waals surface area contributed by atoms with Crippen LogP contribution in [0.4, 0.5) is 0 Å². The zero-order valence-electron chi connectivity index (χ0n) is 7.40. The number of nitrogens with one attached hydrogen (secondary N) is 1. The molecule has 3 heteroatoms. The van der Waals surface area contributed by atoms with Gasteiger partial charge in [-0.3, -0.25) is 5.10 Å². The normalized spacial score (nSPS) is 10.9. The van der Waals surface area contributed by atoms with Gasteiger partial charge in [0.2, 0.25) is 0 Å². The van der Waals surface area contributed by atoms with E-state index in [1.807, 2.05) is 12.4 Å². The van der Waals surface area contributed by atoms with Crippen molar-refractivity contribution in [2.45, 2.75) is 0 Å². The van der Waals surface area contributed by atoms with Gasteiger partial charge in [-0.2, -0.15) is 5.10 Å². The molecule has 0 aliphatic rings. The van der Waals surface area contributed by atoms with Crippen LogP contribution in [-0.2, 0) is 0 Å². The van der Waals surface area contributed by atoms with Gasteiger partial charge in [-0.15, -0.1) is 11.3 Å². The fourth-order valence-electron chi connectivity index (χ4n) is 1.60. The summed E-state index contributed by atoms with van der Waals surface area (Å²) in [5, 5.41) is 10.3. The van der Waals surface area contributed by atoms with Gasteiger partial charge in [-0.1, -0.05) is 18.2 Å². The highest BCUT2D eigenvalue weighted by Gasteiger charge is 2.05. The summed E-state index contributed by atoms with van der Waals surface area (Å²) >= 11 is 1.77. The molecule has 0 aliphatic heterocycles. The van der Waals surface area contributed by atoms with Crippen LogP contribution in [0, 0.1) is 0 Å². The quantitative estimate of drug-likeness (QED) is 0.641.